The molecule has 1 saturated heterocycles. The fourth-order valence-corrected chi connectivity index (χ4v) is 9.15. The molecule has 0 saturated carbocycles. The molecule has 9 rings (SSSR count). The predicted molar refractivity (Wildman–Crippen MR) is 249 cm³/mol. The minimum absolute atomic E-state index is 0.0221. The third-order valence-electron chi connectivity index (χ3n) is 12.3. The second-order valence-electron chi connectivity index (χ2n) is 17.0. The Hall–Kier alpha value is -6.62. The molecule has 0 unspecified atom stereocenters. The van der Waals surface area contributed by atoms with Gasteiger partial charge >= 0.3 is 0 Å². The van der Waals surface area contributed by atoms with E-state index in [2.05, 4.69) is 88.1 Å². The van der Waals surface area contributed by atoms with Crippen molar-refractivity contribution in [2.24, 2.45) is 0 Å². The molecule has 1 aliphatic heterocycles. The summed E-state index contributed by atoms with van der Waals surface area (Å²) in [6.07, 6.45) is 4.44. The van der Waals surface area contributed by atoms with Crippen molar-refractivity contribution in [1.82, 2.24) is 40.0 Å². The summed E-state index contributed by atoms with van der Waals surface area (Å²) in [5.74, 6) is 1.94. The Morgan fingerprint density at radius 3 is 1.82 bits per heavy atom. The monoisotopic (exact) mass is 822 g/mol. The van der Waals surface area contributed by atoms with Crippen molar-refractivity contribution in [3.05, 3.63) is 156 Å². The van der Waals surface area contributed by atoms with Gasteiger partial charge in [0, 0.05) is 19.5 Å². The molecule has 0 bridgehead atoms. The number of imidazole rings is 2. The SMILES string of the molecule is CN(C)[C@@H](C(=O)NCCCCc1nc2ccc(-c3ccc4cc(-c5ccc6nc([C@@H]7CCCN7C(=O)[C@@H](c7ccccc7)N(C)C)[nH]c6c5)ccc4c3)cc2[nH]1)c1ccccc1. The van der Waals surface area contributed by atoms with Crippen LogP contribution in [-0.2, 0) is 16.0 Å². The molecule has 2 aromatic heterocycles. The Balaban J connectivity index is 0.845. The summed E-state index contributed by atoms with van der Waals surface area (Å²) in [6.45, 7) is 1.35. The maximum Gasteiger partial charge on any atom is 0.245 e. The number of benzene rings is 6. The highest BCUT2D eigenvalue weighted by Gasteiger charge is 2.37. The van der Waals surface area contributed by atoms with E-state index in [-0.39, 0.29) is 29.9 Å². The normalized spacial score (nSPS) is 15.3. The van der Waals surface area contributed by atoms with E-state index in [9.17, 15) is 9.59 Å². The second kappa shape index (κ2) is 17.8. The molecular formula is C52H54N8O2. The van der Waals surface area contributed by atoms with Gasteiger partial charge in [0.2, 0.25) is 11.8 Å². The summed E-state index contributed by atoms with van der Waals surface area (Å²) in [7, 11) is 7.80. The summed E-state index contributed by atoms with van der Waals surface area (Å²) < 4.78 is 0. The minimum Gasteiger partial charge on any atom is -0.354 e. The van der Waals surface area contributed by atoms with Gasteiger partial charge in [-0.05, 0) is 134 Å². The number of carbonyl (C=O) groups excluding carboxylic acids is 2. The van der Waals surface area contributed by atoms with Crippen LogP contribution in [0, 0.1) is 0 Å². The van der Waals surface area contributed by atoms with Gasteiger partial charge in [0.1, 0.15) is 23.7 Å². The highest BCUT2D eigenvalue weighted by molar-refractivity contribution is 5.93. The van der Waals surface area contributed by atoms with Crippen molar-refractivity contribution in [2.45, 2.75) is 50.2 Å². The van der Waals surface area contributed by atoms with E-state index in [4.69, 9.17) is 9.97 Å². The summed E-state index contributed by atoms with van der Waals surface area (Å²) in [4.78, 5) is 50.0. The number of hydrogen-bond acceptors (Lipinski definition) is 6. The first-order valence-electron chi connectivity index (χ1n) is 21.7. The second-order valence-corrected chi connectivity index (χ2v) is 17.0. The number of nitrogens with one attached hydrogen (secondary N) is 3. The summed E-state index contributed by atoms with van der Waals surface area (Å²) >= 11 is 0. The van der Waals surface area contributed by atoms with Gasteiger partial charge in [0.25, 0.3) is 0 Å². The van der Waals surface area contributed by atoms with E-state index in [1.54, 1.807) is 0 Å². The lowest BCUT2D eigenvalue weighted by Gasteiger charge is -2.31. The number of carbonyl (C=O) groups is 2. The number of nitrogens with zero attached hydrogens (tertiary/aromatic N) is 5. The van der Waals surface area contributed by atoms with E-state index >= 15 is 0 Å². The summed E-state index contributed by atoms with van der Waals surface area (Å²) in [6, 6.07) is 45.3. The molecule has 314 valence electrons. The van der Waals surface area contributed by atoms with Crippen molar-refractivity contribution < 1.29 is 9.59 Å². The van der Waals surface area contributed by atoms with E-state index < -0.39 is 0 Å². The number of fused-ring (bicyclic) bond motifs is 3. The molecule has 6 aromatic carbocycles. The van der Waals surface area contributed by atoms with Gasteiger partial charge < -0.3 is 20.2 Å². The van der Waals surface area contributed by atoms with Crippen molar-refractivity contribution >= 4 is 44.7 Å². The molecule has 2 amide bonds. The van der Waals surface area contributed by atoms with Gasteiger partial charge in [-0.2, -0.15) is 0 Å². The zero-order valence-electron chi connectivity index (χ0n) is 35.9. The van der Waals surface area contributed by atoms with E-state index in [1.165, 1.54) is 10.8 Å². The fraction of sp³-hybridized carbons (Fsp3) is 0.269. The van der Waals surface area contributed by atoms with Crippen molar-refractivity contribution in [2.75, 3.05) is 41.3 Å². The topological polar surface area (TPSA) is 113 Å². The molecule has 1 fully saturated rings. The lowest BCUT2D eigenvalue weighted by molar-refractivity contribution is -0.137. The molecule has 1 aliphatic rings. The van der Waals surface area contributed by atoms with E-state index in [0.717, 1.165) is 106 Å². The van der Waals surface area contributed by atoms with Gasteiger partial charge in [-0.25, -0.2) is 9.97 Å². The van der Waals surface area contributed by atoms with Crippen LogP contribution < -0.4 is 5.32 Å². The van der Waals surface area contributed by atoms with Gasteiger partial charge in [0.15, 0.2) is 0 Å². The smallest absolute Gasteiger partial charge is 0.245 e. The summed E-state index contributed by atoms with van der Waals surface area (Å²) in [5, 5.41) is 5.47. The molecule has 0 aliphatic carbocycles. The highest BCUT2D eigenvalue weighted by Crippen LogP contribution is 2.36. The van der Waals surface area contributed by atoms with Crippen molar-refractivity contribution in [3.8, 4) is 22.3 Å². The van der Waals surface area contributed by atoms with Crippen molar-refractivity contribution in [3.63, 3.8) is 0 Å². The standard InChI is InChI=1S/C52H54N8O2/c1-58(2)48(34-14-7-5-8-15-34)51(61)53-28-12-11-19-47-54-42-26-24-40(32-44(42)55-47)38-22-20-37-31-39(23-21-36(37)30-38)41-25-27-43-45(33-41)57-50(56-43)46-18-13-29-60(46)52(62)49(59(3)4)35-16-9-6-10-17-35/h5-10,14-17,20-27,30-33,46,48-49H,11-13,18-19,28-29H2,1-4H3,(H,53,61)(H,54,55)(H,56,57)/t46-,48+,49+/m0/s1. The van der Waals surface area contributed by atoms with Gasteiger partial charge in [0.05, 0.1) is 28.1 Å². The highest BCUT2D eigenvalue weighted by atomic mass is 16.2. The number of aromatic amines is 2. The van der Waals surface area contributed by atoms with Crippen LogP contribution >= 0.6 is 0 Å². The first kappa shape index (κ1) is 40.8. The zero-order valence-corrected chi connectivity index (χ0v) is 35.9. The number of unbranched alkanes of at least 4 members (excludes halogenated alkanes) is 1. The Morgan fingerprint density at radius 1 is 0.661 bits per heavy atom. The first-order valence-corrected chi connectivity index (χ1v) is 21.7. The molecule has 62 heavy (non-hydrogen) atoms. The fourth-order valence-electron chi connectivity index (χ4n) is 9.15. The van der Waals surface area contributed by atoms with Crippen LogP contribution in [0.2, 0.25) is 0 Å². The number of likely N-dealkylation sites (tertiary alicyclic amines) is 1. The predicted octanol–water partition coefficient (Wildman–Crippen LogP) is 9.63. The Bertz CT molecular complexity index is 2850. The molecular weight excluding hydrogens is 769 g/mol. The average molecular weight is 823 g/mol. The Kier molecular flexibility index (Phi) is 11.7. The Labute approximate surface area is 363 Å². The first-order chi connectivity index (χ1) is 30.2. The maximum absolute atomic E-state index is 14.0. The molecule has 3 N–H and O–H groups in total. The average Bonchev–Trinajstić information content (AvgIpc) is 4.05. The largest absolute Gasteiger partial charge is 0.354 e. The number of aryl methyl sites for hydroxylation is 1. The van der Waals surface area contributed by atoms with Gasteiger partial charge in [-0.3, -0.25) is 19.4 Å². The summed E-state index contributed by atoms with van der Waals surface area (Å²) in [5.41, 5.74) is 10.4. The molecule has 3 heterocycles. The lowest BCUT2D eigenvalue weighted by Crippen LogP contribution is -2.40. The van der Waals surface area contributed by atoms with Crippen LogP contribution in [0.4, 0.5) is 0 Å². The minimum atomic E-state index is -0.344. The Morgan fingerprint density at radius 2 is 1.21 bits per heavy atom. The van der Waals surface area contributed by atoms with Crippen LogP contribution in [0.25, 0.3) is 55.1 Å². The zero-order chi connectivity index (χ0) is 42.7. The molecule has 0 spiro atoms. The number of likely N-dealkylation sites (N-methyl/N-ethyl adjacent to an activating group) is 2. The molecule has 10 heteroatoms. The molecule has 10 nitrogen and oxygen atoms in total. The van der Waals surface area contributed by atoms with Gasteiger partial charge in [-0.1, -0.05) is 97.1 Å². The van der Waals surface area contributed by atoms with Crippen LogP contribution in [0.1, 0.15) is 66.6 Å². The van der Waals surface area contributed by atoms with Gasteiger partial charge in [-0.15, -0.1) is 0 Å². The quantitative estimate of drug-likeness (QED) is 0.0943. The number of hydrogen-bond donors (Lipinski definition) is 3. The van der Waals surface area contributed by atoms with Crippen LogP contribution in [0.5, 0.6) is 0 Å². The van der Waals surface area contributed by atoms with E-state index in [0.29, 0.717) is 6.54 Å². The van der Waals surface area contributed by atoms with Crippen molar-refractivity contribution in [1.29, 1.82) is 0 Å². The molecule has 8 aromatic rings. The molecule has 3 atom stereocenters. The van der Waals surface area contributed by atoms with Crippen LogP contribution in [-0.4, -0.2) is 87.7 Å². The number of H-pyrrole nitrogens is 2. The third kappa shape index (κ3) is 8.48. The number of amides is 2. The number of rotatable bonds is 14. The molecule has 0 radical (unpaired) electrons. The third-order valence-corrected chi connectivity index (χ3v) is 12.3. The van der Waals surface area contributed by atoms with E-state index in [1.807, 2.05) is 104 Å². The maximum atomic E-state index is 14.0. The number of aromatic nitrogens is 4. The van der Waals surface area contributed by atoms with Crippen LogP contribution in [0.15, 0.2) is 133 Å². The lowest BCUT2D eigenvalue weighted by atomic mass is 9.97. The van der Waals surface area contributed by atoms with Crippen LogP contribution in [0.3, 0.4) is 0 Å².